The standard InChI is InChI=1S/C27H47NO3/c1-3-4-5-6-7-8-9-10-11-12-13-14-15-25-16-18-26(19-17-25)20-21-27(22-29,23-30)28-24(2)31/h16-19,29-30H,3-15,20-23H2,1-2H3,(H,28,31). The summed E-state index contributed by atoms with van der Waals surface area (Å²) >= 11 is 0. The summed E-state index contributed by atoms with van der Waals surface area (Å²) in [7, 11) is 0. The number of rotatable bonds is 19. The van der Waals surface area contributed by atoms with Gasteiger partial charge in [-0.15, -0.1) is 0 Å². The zero-order valence-corrected chi connectivity index (χ0v) is 20.1. The van der Waals surface area contributed by atoms with Gasteiger partial charge in [0.25, 0.3) is 0 Å². The number of carbonyl (C=O) groups excluding carboxylic acids is 1. The van der Waals surface area contributed by atoms with Gasteiger partial charge in [-0.25, -0.2) is 0 Å². The molecule has 0 unspecified atom stereocenters. The van der Waals surface area contributed by atoms with E-state index in [0.29, 0.717) is 12.8 Å². The Bertz CT molecular complexity index is 566. The van der Waals surface area contributed by atoms with Crippen molar-refractivity contribution in [3.05, 3.63) is 35.4 Å². The molecule has 178 valence electrons. The van der Waals surface area contributed by atoms with Gasteiger partial charge in [0, 0.05) is 6.92 Å². The summed E-state index contributed by atoms with van der Waals surface area (Å²) in [6.45, 7) is 3.15. The van der Waals surface area contributed by atoms with Crippen LogP contribution in [0, 0.1) is 0 Å². The predicted molar refractivity (Wildman–Crippen MR) is 130 cm³/mol. The molecule has 0 fully saturated rings. The van der Waals surface area contributed by atoms with E-state index >= 15 is 0 Å². The summed E-state index contributed by atoms with van der Waals surface area (Å²) in [4.78, 5) is 11.4. The molecule has 1 aromatic carbocycles. The minimum Gasteiger partial charge on any atom is -0.394 e. The summed E-state index contributed by atoms with van der Waals surface area (Å²) in [5.74, 6) is -0.235. The summed E-state index contributed by atoms with van der Waals surface area (Å²) in [5.41, 5.74) is 1.59. The van der Waals surface area contributed by atoms with Crippen LogP contribution in [0.25, 0.3) is 0 Å². The van der Waals surface area contributed by atoms with E-state index in [-0.39, 0.29) is 19.1 Å². The number of unbranched alkanes of at least 4 members (excludes halogenated alkanes) is 11. The van der Waals surface area contributed by atoms with Crippen molar-refractivity contribution in [1.29, 1.82) is 0 Å². The number of nitrogens with one attached hydrogen (secondary N) is 1. The summed E-state index contributed by atoms with van der Waals surface area (Å²) < 4.78 is 0. The molecule has 0 spiro atoms. The van der Waals surface area contributed by atoms with Crippen molar-refractivity contribution < 1.29 is 15.0 Å². The summed E-state index contributed by atoms with van der Waals surface area (Å²) in [6.07, 6.45) is 18.8. The van der Waals surface area contributed by atoms with Gasteiger partial charge in [-0.05, 0) is 36.8 Å². The van der Waals surface area contributed by atoms with E-state index in [0.717, 1.165) is 12.0 Å². The fraction of sp³-hybridized carbons (Fsp3) is 0.741. The van der Waals surface area contributed by atoms with Gasteiger partial charge in [-0.3, -0.25) is 4.79 Å². The molecule has 4 heteroatoms. The normalized spacial score (nSPS) is 11.6. The van der Waals surface area contributed by atoms with Crippen LogP contribution < -0.4 is 5.32 Å². The fourth-order valence-electron chi connectivity index (χ4n) is 4.15. The van der Waals surface area contributed by atoms with Gasteiger partial charge in [0.15, 0.2) is 0 Å². The van der Waals surface area contributed by atoms with Gasteiger partial charge in [0.05, 0.1) is 18.8 Å². The Balaban J connectivity index is 2.15. The largest absolute Gasteiger partial charge is 0.394 e. The van der Waals surface area contributed by atoms with Crippen LogP contribution in [-0.2, 0) is 17.6 Å². The Morgan fingerprint density at radius 1 is 0.742 bits per heavy atom. The number of hydrogen-bond acceptors (Lipinski definition) is 3. The molecule has 1 aromatic rings. The Kier molecular flexibility index (Phi) is 15.3. The first-order valence-electron chi connectivity index (χ1n) is 12.6. The Morgan fingerprint density at radius 2 is 1.16 bits per heavy atom. The first-order valence-corrected chi connectivity index (χ1v) is 12.6. The third-order valence-electron chi connectivity index (χ3n) is 6.28. The van der Waals surface area contributed by atoms with Crippen molar-refractivity contribution in [2.24, 2.45) is 0 Å². The second kappa shape index (κ2) is 17.2. The Labute approximate surface area is 190 Å². The lowest BCUT2D eigenvalue weighted by atomic mass is 9.92. The minimum atomic E-state index is -0.945. The maximum atomic E-state index is 11.4. The molecule has 0 bridgehead atoms. The fourth-order valence-corrected chi connectivity index (χ4v) is 4.15. The van der Waals surface area contributed by atoms with Crippen LogP contribution in [0.1, 0.15) is 108 Å². The average molecular weight is 434 g/mol. The van der Waals surface area contributed by atoms with Crippen molar-refractivity contribution >= 4 is 5.91 Å². The average Bonchev–Trinajstić information content (AvgIpc) is 2.78. The lowest BCUT2D eigenvalue weighted by Gasteiger charge is -2.30. The zero-order valence-electron chi connectivity index (χ0n) is 20.1. The van der Waals surface area contributed by atoms with Crippen LogP contribution in [0.5, 0.6) is 0 Å². The second-order valence-electron chi connectivity index (χ2n) is 9.23. The molecule has 0 radical (unpaired) electrons. The summed E-state index contributed by atoms with van der Waals surface area (Å²) in [5, 5.41) is 21.9. The maximum absolute atomic E-state index is 11.4. The van der Waals surface area contributed by atoms with Crippen molar-refractivity contribution in [2.75, 3.05) is 13.2 Å². The van der Waals surface area contributed by atoms with Gasteiger partial charge in [0.2, 0.25) is 5.91 Å². The quantitative estimate of drug-likeness (QED) is 0.244. The molecule has 3 N–H and O–H groups in total. The van der Waals surface area contributed by atoms with E-state index in [1.807, 2.05) is 0 Å². The van der Waals surface area contributed by atoms with Gasteiger partial charge >= 0.3 is 0 Å². The molecule has 0 aliphatic heterocycles. The molecule has 0 atom stereocenters. The van der Waals surface area contributed by atoms with Crippen molar-refractivity contribution in [3.8, 4) is 0 Å². The molecular formula is C27H47NO3. The monoisotopic (exact) mass is 433 g/mol. The highest BCUT2D eigenvalue weighted by atomic mass is 16.3. The highest BCUT2D eigenvalue weighted by Gasteiger charge is 2.29. The van der Waals surface area contributed by atoms with Crippen LogP contribution in [0.4, 0.5) is 0 Å². The lowest BCUT2D eigenvalue weighted by Crippen LogP contribution is -2.53. The van der Waals surface area contributed by atoms with E-state index in [2.05, 4.69) is 36.5 Å². The third kappa shape index (κ3) is 12.9. The minimum absolute atomic E-state index is 0.235. The number of hydrogen-bond donors (Lipinski definition) is 3. The molecule has 0 heterocycles. The highest BCUT2D eigenvalue weighted by Crippen LogP contribution is 2.17. The van der Waals surface area contributed by atoms with Gasteiger partial charge < -0.3 is 15.5 Å². The number of aryl methyl sites for hydroxylation is 2. The number of aliphatic hydroxyl groups excluding tert-OH is 2. The zero-order chi connectivity index (χ0) is 22.8. The maximum Gasteiger partial charge on any atom is 0.217 e. The predicted octanol–water partition coefficient (Wildman–Crippen LogP) is 5.72. The molecule has 1 rings (SSSR count). The van der Waals surface area contributed by atoms with Gasteiger partial charge in [-0.1, -0.05) is 102 Å². The first-order chi connectivity index (χ1) is 15.0. The lowest BCUT2D eigenvalue weighted by molar-refractivity contribution is -0.122. The first kappa shape index (κ1) is 27.6. The summed E-state index contributed by atoms with van der Waals surface area (Å²) in [6, 6.07) is 8.63. The number of benzene rings is 1. The molecule has 0 aliphatic carbocycles. The topological polar surface area (TPSA) is 69.6 Å². The van der Waals surface area contributed by atoms with Gasteiger partial charge in [-0.2, -0.15) is 0 Å². The van der Waals surface area contributed by atoms with Crippen LogP contribution in [0.3, 0.4) is 0 Å². The smallest absolute Gasteiger partial charge is 0.217 e. The van der Waals surface area contributed by atoms with E-state index < -0.39 is 5.54 Å². The van der Waals surface area contributed by atoms with E-state index in [1.165, 1.54) is 89.5 Å². The highest BCUT2D eigenvalue weighted by molar-refractivity contribution is 5.73. The SMILES string of the molecule is CCCCCCCCCCCCCCc1ccc(CCC(CO)(CO)NC(C)=O)cc1. The molecule has 31 heavy (non-hydrogen) atoms. The van der Waals surface area contributed by atoms with Crippen LogP contribution in [-0.4, -0.2) is 34.9 Å². The Morgan fingerprint density at radius 3 is 1.58 bits per heavy atom. The molecule has 0 aliphatic rings. The van der Waals surface area contributed by atoms with Crippen molar-refractivity contribution in [2.45, 2.75) is 116 Å². The third-order valence-corrected chi connectivity index (χ3v) is 6.28. The van der Waals surface area contributed by atoms with Crippen molar-refractivity contribution in [3.63, 3.8) is 0 Å². The molecule has 0 saturated heterocycles. The number of carbonyl (C=O) groups is 1. The van der Waals surface area contributed by atoms with Crippen molar-refractivity contribution in [1.82, 2.24) is 5.32 Å². The number of aliphatic hydroxyl groups is 2. The molecule has 4 nitrogen and oxygen atoms in total. The molecule has 1 amide bonds. The van der Waals surface area contributed by atoms with Crippen LogP contribution in [0.15, 0.2) is 24.3 Å². The van der Waals surface area contributed by atoms with Crippen LogP contribution in [0.2, 0.25) is 0 Å². The van der Waals surface area contributed by atoms with E-state index in [4.69, 9.17) is 0 Å². The molecule has 0 saturated carbocycles. The Hall–Kier alpha value is -1.39. The van der Waals surface area contributed by atoms with E-state index in [1.54, 1.807) is 0 Å². The molecule has 0 aromatic heterocycles. The van der Waals surface area contributed by atoms with Crippen LogP contribution >= 0.6 is 0 Å². The molecular weight excluding hydrogens is 386 g/mol. The van der Waals surface area contributed by atoms with Gasteiger partial charge in [0.1, 0.15) is 0 Å². The number of amides is 1. The second-order valence-corrected chi connectivity index (χ2v) is 9.23. The van der Waals surface area contributed by atoms with E-state index in [9.17, 15) is 15.0 Å².